The van der Waals surface area contributed by atoms with E-state index in [9.17, 15) is 4.79 Å². The van der Waals surface area contributed by atoms with Crippen LogP contribution < -0.4 is 5.73 Å². The van der Waals surface area contributed by atoms with Crippen molar-refractivity contribution in [3.63, 3.8) is 0 Å². The molecule has 0 spiro atoms. The van der Waals surface area contributed by atoms with Gasteiger partial charge in [-0.1, -0.05) is 23.2 Å². The van der Waals surface area contributed by atoms with Crippen molar-refractivity contribution in [1.29, 1.82) is 0 Å². The van der Waals surface area contributed by atoms with Gasteiger partial charge in [-0.25, -0.2) is 4.79 Å². The van der Waals surface area contributed by atoms with E-state index >= 15 is 0 Å². The number of aromatic nitrogens is 2. The average Bonchev–Trinajstić information content (AvgIpc) is 2.64. The molecular formula is C13H13Cl2N3O2. The molecule has 1 heterocycles. The second-order valence-electron chi connectivity index (χ2n) is 4.29. The number of nitrogen functional groups attached to an aromatic ring is 1. The van der Waals surface area contributed by atoms with E-state index in [1.54, 1.807) is 26.1 Å². The molecule has 0 saturated heterocycles. The summed E-state index contributed by atoms with van der Waals surface area (Å²) in [4.78, 5) is 11.9. The number of aryl methyl sites for hydroxylation is 2. The molecule has 2 rings (SSSR count). The first-order valence-corrected chi connectivity index (χ1v) is 6.56. The molecule has 0 fully saturated rings. The van der Waals surface area contributed by atoms with Crippen molar-refractivity contribution in [3.05, 3.63) is 45.2 Å². The monoisotopic (exact) mass is 313 g/mol. The summed E-state index contributed by atoms with van der Waals surface area (Å²) >= 11 is 11.9. The lowest BCUT2D eigenvalue weighted by atomic mass is 10.2. The molecular weight excluding hydrogens is 301 g/mol. The summed E-state index contributed by atoms with van der Waals surface area (Å²) < 4.78 is 6.74. The first-order chi connectivity index (χ1) is 9.40. The Labute approximate surface area is 126 Å². The highest BCUT2D eigenvalue weighted by Gasteiger charge is 2.15. The lowest BCUT2D eigenvalue weighted by molar-refractivity contribution is 0.0472. The van der Waals surface area contributed by atoms with Crippen LogP contribution in [-0.2, 0) is 18.4 Å². The van der Waals surface area contributed by atoms with Crippen LogP contribution in [0, 0.1) is 6.92 Å². The van der Waals surface area contributed by atoms with E-state index in [0.717, 1.165) is 5.69 Å². The first kappa shape index (κ1) is 14.7. The number of ether oxygens (including phenoxy) is 1. The second kappa shape index (κ2) is 5.73. The van der Waals surface area contributed by atoms with Gasteiger partial charge < -0.3 is 10.5 Å². The topological polar surface area (TPSA) is 70.1 Å². The first-order valence-electron chi connectivity index (χ1n) is 5.80. The van der Waals surface area contributed by atoms with E-state index in [2.05, 4.69) is 5.10 Å². The second-order valence-corrected chi connectivity index (χ2v) is 5.06. The number of esters is 1. The fourth-order valence-electron chi connectivity index (χ4n) is 1.73. The van der Waals surface area contributed by atoms with E-state index in [1.165, 1.54) is 10.7 Å². The van der Waals surface area contributed by atoms with Crippen molar-refractivity contribution in [1.82, 2.24) is 9.78 Å². The Kier molecular flexibility index (Phi) is 4.20. The van der Waals surface area contributed by atoms with Gasteiger partial charge in [-0.2, -0.15) is 5.10 Å². The molecule has 0 saturated carbocycles. The van der Waals surface area contributed by atoms with Crippen molar-refractivity contribution in [2.75, 3.05) is 5.73 Å². The van der Waals surface area contributed by atoms with E-state index in [-0.39, 0.29) is 6.61 Å². The maximum Gasteiger partial charge on any atom is 0.338 e. The summed E-state index contributed by atoms with van der Waals surface area (Å²) in [6.07, 6.45) is 0. The Morgan fingerprint density at radius 3 is 2.70 bits per heavy atom. The van der Waals surface area contributed by atoms with Gasteiger partial charge in [-0.15, -0.1) is 0 Å². The van der Waals surface area contributed by atoms with Crippen molar-refractivity contribution >= 4 is 34.9 Å². The number of rotatable bonds is 3. The third-order valence-electron chi connectivity index (χ3n) is 2.85. The van der Waals surface area contributed by atoms with Gasteiger partial charge in [0.1, 0.15) is 11.8 Å². The van der Waals surface area contributed by atoms with E-state index < -0.39 is 5.97 Å². The number of carbonyl (C=O) groups is 1. The van der Waals surface area contributed by atoms with Crippen molar-refractivity contribution in [2.45, 2.75) is 13.5 Å². The van der Waals surface area contributed by atoms with Crippen LogP contribution in [0.5, 0.6) is 0 Å². The highest BCUT2D eigenvalue weighted by atomic mass is 35.5. The largest absolute Gasteiger partial charge is 0.457 e. The number of anilines is 1. The van der Waals surface area contributed by atoms with Crippen LogP contribution in [0.3, 0.4) is 0 Å². The van der Waals surface area contributed by atoms with Gasteiger partial charge in [-0.3, -0.25) is 4.68 Å². The van der Waals surface area contributed by atoms with Crippen molar-refractivity contribution in [2.24, 2.45) is 7.05 Å². The van der Waals surface area contributed by atoms with Crippen LogP contribution in [0.15, 0.2) is 18.2 Å². The smallest absolute Gasteiger partial charge is 0.338 e. The van der Waals surface area contributed by atoms with Crippen LogP contribution in [0.25, 0.3) is 0 Å². The highest BCUT2D eigenvalue weighted by Crippen LogP contribution is 2.22. The Balaban J connectivity index is 2.10. The normalized spacial score (nSPS) is 10.6. The third kappa shape index (κ3) is 2.89. The number of benzene rings is 1. The Morgan fingerprint density at radius 2 is 2.15 bits per heavy atom. The molecule has 0 aliphatic rings. The summed E-state index contributed by atoms with van der Waals surface area (Å²) in [7, 11) is 1.72. The quantitative estimate of drug-likeness (QED) is 0.698. The standard InChI is InChI=1S/C13H13Cl2N3O2/c1-7-9(12(15)18(2)17-7)6-20-13(19)8-3-4-10(14)11(16)5-8/h3-5H,6,16H2,1-2H3. The molecule has 0 radical (unpaired) electrons. The van der Waals surface area contributed by atoms with Gasteiger partial charge >= 0.3 is 5.97 Å². The van der Waals surface area contributed by atoms with Gasteiger partial charge in [0.2, 0.25) is 0 Å². The van der Waals surface area contributed by atoms with Gasteiger partial charge in [0.15, 0.2) is 0 Å². The zero-order valence-electron chi connectivity index (χ0n) is 11.0. The highest BCUT2D eigenvalue weighted by molar-refractivity contribution is 6.33. The molecule has 1 aromatic heterocycles. The van der Waals surface area contributed by atoms with Gasteiger partial charge in [0.05, 0.1) is 22.0 Å². The maximum absolute atomic E-state index is 11.9. The fourth-order valence-corrected chi connectivity index (χ4v) is 2.08. The Bertz CT molecular complexity index is 668. The van der Waals surface area contributed by atoms with Crippen molar-refractivity contribution in [3.8, 4) is 0 Å². The molecule has 0 bridgehead atoms. The lowest BCUT2D eigenvalue weighted by Gasteiger charge is -2.06. The minimum absolute atomic E-state index is 0.0554. The molecule has 0 atom stereocenters. The zero-order valence-corrected chi connectivity index (χ0v) is 12.5. The summed E-state index contributed by atoms with van der Waals surface area (Å²) in [6, 6.07) is 4.58. The molecule has 2 aromatic rings. The Morgan fingerprint density at radius 1 is 1.45 bits per heavy atom. The predicted molar refractivity (Wildman–Crippen MR) is 77.9 cm³/mol. The number of carbonyl (C=O) groups excluding carboxylic acids is 1. The van der Waals surface area contributed by atoms with Crippen LogP contribution in [-0.4, -0.2) is 15.7 Å². The predicted octanol–water partition coefficient (Wildman–Crippen LogP) is 2.97. The van der Waals surface area contributed by atoms with Gasteiger partial charge in [0.25, 0.3) is 0 Å². The van der Waals surface area contributed by atoms with E-state index in [4.69, 9.17) is 33.7 Å². The minimum Gasteiger partial charge on any atom is -0.457 e. The molecule has 5 nitrogen and oxygen atoms in total. The average molecular weight is 314 g/mol. The minimum atomic E-state index is -0.493. The molecule has 0 unspecified atom stereocenters. The molecule has 0 amide bonds. The number of nitrogens with zero attached hydrogens (tertiary/aromatic N) is 2. The molecule has 0 aliphatic carbocycles. The summed E-state index contributed by atoms with van der Waals surface area (Å²) in [5.41, 5.74) is 7.72. The number of halogens is 2. The molecule has 1 aromatic carbocycles. The summed E-state index contributed by atoms with van der Waals surface area (Å²) in [5, 5.41) is 4.99. The number of nitrogens with two attached hydrogens (primary N) is 1. The summed E-state index contributed by atoms with van der Waals surface area (Å²) in [5.74, 6) is -0.493. The third-order valence-corrected chi connectivity index (χ3v) is 3.67. The Hall–Kier alpha value is -1.72. The van der Waals surface area contributed by atoms with E-state index in [1.807, 2.05) is 0 Å². The zero-order chi connectivity index (χ0) is 14.9. The van der Waals surface area contributed by atoms with Gasteiger partial charge in [-0.05, 0) is 25.1 Å². The lowest BCUT2D eigenvalue weighted by Crippen LogP contribution is -2.06. The maximum atomic E-state index is 11.9. The van der Waals surface area contributed by atoms with Crippen LogP contribution >= 0.6 is 23.2 Å². The molecule has 20 heavy (non-hydrogen) atoms. The van der Waals surface area contributed by atoms with Crippen LogP contribution in [0.1, 0.15) is 21.6 Å². The summed E-state index contributed by atoms with van der Waals surface area (Å²) in [6.45, 7) is 1.86. The fraction of sp³-hybridized carbons (Fsp3) is 0.231. The van der Waals surface area contributed by atoms with Crippen LogP contribution in [0.4, 0.5) is 5.69 Å². The molecule has 0 aliphatic heterocycles. The van der Waals surface area contributed by atoms with Crippen molar-refractivity contribution < 1.29 is 9.53 Å². The van der Waals surface area contributed by atoms with Crippen LogP contribution in [0.2, 0.25) is 10.2 Å². The molecule has 106 valence electrons. The molecule has 2 N–H and O–H groups in total. The molecule has 7 heteroatoms. The van der Waals surface area contributed by atoms with E-state index in [0.29, 0.717) is 27.0 Å². The van der Waals surface area contributed by atoms with Gasteiger partial charge in [0, 0.05) is 12.6 Å². The number of hydrogen-bond acceptors (Lipinski definition) is 4. The SMILES string of the molecule is Cc1nn(C)c(Cl)c1COC(=O)c1ccc(Cl)c(N)c1. The number of hydrogen-bond donors (Lipinski definition) is 1.